The fraction of sp³-hybridized carbons (Fsp3) is 0.261. The zero-order valence-electron chi connectivity index (χ0n) is 16.3. The van der Waals surface area contributed by atoms with Crippen LogP contribution in [0.2, 0.25) is 0 Å². The third-order valence-corrected chi connectivity index (χ3v) is 5.55. The van der Waals surface area contributed by atoms with E-state index in [1.54, 1.807) is 24.3 Å². The lowest BCUT2D eigenvalue weighted by Crippen LogP contribution is -2.49. The van der Waals surface area contributed by atoms with Crippen molar-refractivity contribution in [2.24, 2.45) is 0 Å². The van der Waals surface area contributed by atoms with Crippen LogP contribution in [0.1, 0.15) is 54.0 Å². The number of Topliss-reactive ketones (excluding diaryl/α,β-unsaturated/α-hetero) is 1. The highest BCUT2D eigenvalue weighted by Crippen LogP contribution is 2.40. The average molecular weight is 407 g/mol. The third kappa shape index (κ3) is 3.35. The maximum atomic E-state index is 13.2. The van der Waals surface area contributed by atoms with Gasteiger partial charge in [0.1, 0.15) is 0 Å². The van der Waals surface area contributed by atoms with E-state index in [0.717, 1.165) is 11.1 Å². The van der Waals surface area contributed by atoms with Crippen LogP contribution >= 0.6 is 0 Å². The van der Waals surface area contributed by atoms with Gasteiger partial charge in [0.05, 0.1) is 23.4 Å². The summed E-state index contributed by atoms with van der Waals surface area (Å²) in [4.78, 5) is 27.3. The van der Waals surface area contributed by atoms with Crippen LogP contribution < -0.4 is 10.2 Å². The van der Waals surface area contributed by atoms with Crippen molar-refractivity contribution in [3.63, 3.8) is 0 Å². The van der Waals surface area contributed by atoms with E-state index in [1.807, 2.05) is 6.92 Å². The van der Waals surface area contributed by atoms with Crippen LogP contribution in [-0.4, -0.2) is 11.8 Å². The predicted octanol–water partition coefficient (Wildman–Crippen LogP) is 5.08. The standard InChI is InChI=1S/C23H19F2N3O2/c1-13-10-14(12-26)8-9-17(13)21-20-18(6-3-7-19(20)29)28(23(30)27-21)16-5-2-4-15(11-16)22(24)25/h2,4-5,8-11,21-22H,3,6-7H2,1H3,(H,27,30)/t21-/m1/s1. The van der Waals surface area contributed by atoms with E-state index in [9.17, 15) is 18.4 Å². The van der Waals surface area contributed by atoms with Crippen LogP contribution in [0.25, 0.3) is 0 Å². The summed E-state index contributed by atoms with van der Waals surface area (Å²) in [6, 6.07) is 11.7. The van der Waals surface area contributed by atoms with E-state index in [1.165, 1.54) is 23.1 Å². The fourth-order valence-corrected chi connectivity index (χ4v) is 4.16. The van der Waals surface area contributed by atoms with E-state index in [4.69, 9.17) is 5.26 Å². The molecule has 5 nitrogen and oxygen atoms in total. The van der Waals surface area contributed by atoms with Gasteiger partial charge in [-0.3, -0.25) is 9.69 Å². The highest BCUT2D eigenvalue weighted by molar-refractivity contribution is 6.06. The van der Waals surface area contributed by atoms with Crippen molar-refractivity contribution in [1.82, 2.24) is 5.32 Å². The second kappa shape index (κ2) is 7.71. The van der Waals surface area contributed by atoms with E-state index in [0.29, 0.717) is 41.8 Å². The van der Waals surface area contributed by atoms with Gasteiger partial charge in [0.25, 0.3) is 6.43 Å². The number of alkyl halides is 2. The number of nitrogens with zero attached hydrogens (tertiary/aromatic N) is 2. The molecular formula is C23H19F2N3O2. The van der Waals surface area contributed by atoms with E-state index >= 15 is 0 Å². The number of urea groups is 1. The van der Waals surface area contributed by atoms with Gasteiger partial charge in [0.15, 0.2) is 5.78 Å². The SMILES string of the molecule is Cc1cc(C#N)ccc1[C@H]1NC(=O)N(c2cccc(C(F)F)c2)C2=C1C(=O)CCC2. The molecule has 1 heterocycles. The summed E-state index contributed by atoms with van der Waals surface area (Å²) in [5.41, 5.74) is 3.18. The van der Waals surface area contributed by atoms with Crippen molar-refractivity contribution >= 4 is 17.5 Å². The highest BCUT2D eigenvalue weighted by atomic mass is 19.3. The molecular weight excluding hydrogens is 388 g/mol. The van der Waals surface area contributed by atoms with Gasteiger partial charge in [0, 0.05) is 23.3 Å². The van der Waals surface area contributed by atoms with Crippen LogP contribution in [0.4, 0.5) is 19.3 Å². The first-order valence-corrected chi connectivity index (χ1v) is 9.66. The number of benzene rings is 2. The molecule has 0 aromatic heterocycles. The summed E-state index contributed by atoms with van der Waals surface area (Å²) in [5, 5.41) is 12.0. The van der Waals surface area contributed by atoms with E-state index in [-0.39, 0.29) is 11.3 Å². The number of allylic oxidation sites excluding steroid dienone is 1. The molecule has 4 rings (SSSR count). The summed E-state index contributed by atoms with van der Waals surface area (Å²) >= 11 is 0. The summed E-state index contributed by atoms with van der Waals surface area (Å²) in [5.74, 6) is -0.0694. The van der Waals surface area contributed by atoms with Crippen LogP contribution in [0.5, 0.6) is 0 Å². The molecule has 0 radical (unpaired) electrons. The maximum absolute atomic E-state index is 13.2. The number of aryl methyl sites for hydroxylation is 1. The minimum absolute atomic E-state index is 0.0694. The van der Waals surface area contributed by atoms with Gasteiger partial charge in [-0.25, -0.2) is 13.6 Å². The van der Waals surface area contributed by atoms with Gasteiger partial charge < -0.3 is 5.32 Å². The van der Waals surface area contributed by atoms with Gasteiger partial charge in [-0.1, -0.05) is 18.2 Å². The number of ketones is 1. The number of amides is 2. The number of hydrogen-bond acceptors (Lipinski definition) is 3. The molecule has 152 valence electrons. The Labute approximate surface area is 172 Å². The Morgan fingerprint density at radius 1 is 1.17 bits per heavy atom. The third-order valence-electron chi connectivity index (χ3n) is 5.55. The Balaban J connectivity index is 1.85. The van der Waals surface area contributed by atoms with Gasteiger partial charge in [0.2, 0.25) is 0 Å². The molecule has 0 fully saturated rings. The molecule has 2 aliphatic rings. The van der Waals surface area contributed by atoms with Crippen LogP contribution in [0.3, 0.4) is 0 Å². The first kappa shape index (κ1) is 19.8. The van der Waals surface area contributed by atoms with Gasteiger partial charge in [-0.2, -0.15) is 5.26 Å². The average Bonchev–Trinajstić information content (AvgIpc) is 2.73. The quantitative estimate of drug-likeness (QED) is 0.771. The normalized spacial score (nSPS) is 18.9. The summed E-state index contributed by atoms with van der Waals surface area (Å²) in [6.07, 6.45) is -1.20. The molecule has 1 aliphatic heterocycles. The minimum Gasteiger partial charge on any atom is -0.326 e. The Hall–Kier alpha value is -3.53. The lowest BCUT2D eigenvalue weighted by molar-refractivity contribution is -0.116. The molecule has 30 heavy (non-hydrogen) atoms. The molecule has 0 bridgehead atoms. The van der Waals surface area contributed by atoms with Crippen molar-refractivity contribution in [2.45, 2.75) is 38.7 Å². The van der Waals surface area contributed by atoms with Crippen molar-refractivity contribution < 1.29 is 18.4 Å². The molecule has 0 saturated heterocycles. The van der Waals surface area contributed by atoms with Crippen molar-refractivity contribution in [2.75, 3.05) is 4.90 Å². The lowest BCUT2D eigenvalue weighted by atomic mass is 9.83. The molecule has 2 amide bonds. The number of nitriles is 1. The fourth-order valence-electron chi connectivity index (χ4n) is 4.16. The number of hydrogen-bond donors (Lipinski definition) is 1. The lowest BCUT2D eigenvalue weighted by Gasteiger charge is -2.39. The van der Waals surface area contributed by atoms with E-state index in [2.05, 4.69) is 11.4 Å². The number of nitrogens with one attached hydrogen (secondary N) is 1. The number of rotatable bonds is 3. The molecule has 1 atom stereocenters. The summed E-state index contributed by atoms with van der Waals surface area (Å²) in [6.45, 7) is 1.83. The van der Waals surface area contributed by atoms with Crippen molar-refractivity contribution in [3.8, 4) is 6.07 Å². The smallest absolute Gasteiger partial charge is 0.326 e. The number of carbonyl (C=O) groups is 2. The first-order chi connectivity index (χ1) is 14.4. The first-order valence-electron chi connectivity index (χ1n) is 9.66. The molecule has 1 aliphatic carbocycles. The largest absolute Gasteiger partial charge is 0.327 e. The molecule has 0 unspecified atom stereocenters. The van der Waals surface area contributed by atoms with Crippen molar-refractivity contribution in [3.05, 3.63) is 76.0 Å². The second-order valence-corrected chi connectivity index (χ2v) is 7.43. The Morgan fingerprint density at radius 2 is 1.97 bits per heavy atom. The maximum Gasteiger partial charge on any atom is 0.327 e. The van der Waals surface area contributed by atoms with Crippen LogP contribution in [0.15, 0.2) is 53.7 Å². The van der Waals surface area contributed by atoms with E-state index < -0.39 is 18.5 Å². The number of halogens is 2. The molecule has 0 saturated carbocycles. The zero-order chi connectivity index (χ0) is 21.4. The monoisotopic (exact) mass is 407 g/mol. The summed E-state index contributed by atoms with van der Waals surface area (Å²) in [7, 11) is 0. The Bertz CT molecular complexity index is 1120. The Morgan fingerprint density at radius 3 is 2.67 bits per heavy atom. The topological polar surface area (TPSA) is 73.2 Å². The molecule has 1 N–H and O–H groups in total. The van der Waals surface area contributed by atoms with Gasteiger partial charge >= 0.3 is 6.03 Å². The highest BCUT2D eigenvalue weighted by Gasteiger charge is 2.40. The number of anilines is 1. The van der Waals surface area contributed by atoms with Gasteiger partial charge in [-0.15, -0.1) is 0 Å². The Kier molecular flexibility index (Phi) is 5.08. The van der Waals surface area contributed by atoms with Gasteiger partial charge in [-0.05, 0) is 55.2 Å². The molecule has 0 spiro atoms. The molecule has 7 heteroatoms. The van der Waals surface area contributed by atoms with Crippen molar-refractivity contribution in [1.29, 1.82) is 5.26 Å². The predicted molar refractivity (Wildman–Crippen MR) is 107 cm³/mol. The second-order valence-electron chi connectivity index (χ2n) is 7.43. The summed E-state index contributed by atoms with van der Waals surface area (Å²) < 4.78 is 26.4. The molecule has 2 aromatic carbocycles. The minimum atomic E-state index is -2.66. The molecule has 2 aromatic rings. The van der Waals surface area contributed by atoms with Crippen LogP contribution in [-0.2, 0) is 4.79 Å². The zero-order valence-corrected chi connectivity index (χ0v) is 16.3. The number of carbonyl (C=O) groups excluding carboxylic acids is 2. The van der Waals surface area contributed by atoms with Crippen LogP contribution in [0, 0.1) is 18.3 Å².